The quantitative estimate of drug-likeness (QED) is 0.516. The number of carbonyl (C=O) groups excluding carboxylic acids is 2. The highest BCUT2D eigenvalue weighted by Gasteiger charge is 2.46. The van der Waals surface area contributed by atoms with Crippen molar-refractivity contribution in [3.63, 3.8) is 0 Å². The van der Waals surface area contributed by atoms with Crippen molar-refractivity contribution in [2.24, 2.45) is 0 Å². The fourth-order valence-corrected chi connectivity index (χ4v) is 3.09. The van der Waals surface area contributed by atoms with Crippen LogP contribution in [-0.4, -0.2) is 33.2 Å². The smallest absolute Gasteiger partial charge is 0.295 e. The van der Waals surface area contributed by atoms with Crippen LogP contribution in [0.2, 0.25) is 5.02 Å². The molecule has 1 atom stereocenters. The van der Waals surface area contributed by atoms with Gasteiger partial charge in [-0.1, -0.05) is 24.6 Å². The Hall–Kier alpha value is -2.66. The van der Waals surface area contributed by atoms with Gasteiger partial charge in [0, 0.05) is 23.3 Å². The zero-order valence-electron chi connectivity index (χ0n) is 13.6. The van der Waals surface area contributed by atoms with E-state index in [1.165, 1.54) is 4.90 Å². The number of aromatic nitrogens is 1. The predicted molar refractivity (Wildman–Crippen MR) is 95.0 cm³/mol. The molecular formula is C19H17ClN2O3. The van der Waals surface area contributed by atoms with Crippen molar-refractivity contribution in [1.82, 2.24) is 9.88 Å². The zero-order chi connectivity index (χ0) is 18.0. The van der Waals surface area contributed by atoms with Crippen molar-refractivity contribution in [2.75, 3.05) is 6.54 Å². The number of halogens is 1. The van der Waals surface area contributed by atoms with Gasteiger partial charge in [-0.15, -0.1) is 0 Å². The molecule has 1 aliphatic rings. The summed E-state index contributed by atoms with van der Waals surface area (Å²) < 4.78 is 0. The zero-order valence-corrected chi connectivity index (χ0v) is 14.4. The number of rotatable bonds is 4. The molecule has 128 valence electrons. The molecule has 1 aromatic carbocycles. The SMILES string of the molecule is CCCN1C(=O)C(=O)/C(=C(\O)c2ccc(Cl)cc2)C1c1ccccn1. The maximum absolute atomic E-state index is 12.6. The van der Waals surface area contributed by atoms with Gasteiger partial charge in [0.1, 0.15) is 11.8 Å². The Morgan fingerprint density at radius 2 is 1.92 bits per heavy atom. The predicted octanol–water partition coefficient (Wildman–Crippen LogP) is 3.57. The molecule has 0 radical (unpaired) electrons. The fraction of sp³-hybridized carbons (Fsp3) is 0.211. The third kappa shape index (κ3) is 3.15. The second-order valence-corrected chi connectivity index (χ2v) is 6.19. The lowest BCUT2D eigenvalue weighted by Crippen LogP contribution is -2.30. The lowest BCUT2D eigenvalue weighted by atomic mass is 9.98. The summed E-state index contributed by atoms with van der Waals surface area (Å²) >= 11 is 5.88. The van der Waals surface area contributed by atoms with Crippen LogP contribution in [-0.2, 0) is 9.59 Å². The number of carbonyl (C=O) groups is 2. The van der Waals surface area contributed by atoms with Crippen LogP contribution in [0, 0.1) is 0 Å². The Balaban J connectivity index is 2.17. The molecule has 2 heterocycles. The van der Waals surface area contributed by atoms with Crippen molar-refractivity contribution in [3.05, 3.63) is 70.5 Å². The average Bonchev–Trinajstić information content (AvgIpc) is 2.88. The minimum atomic E-state index is -0.698. The highest BCUT2D eigenvalue weighted by Crippen LogP contribution is 2.38. The maximum Gasteiger partial charge on any atom is 0.295 e. The van der Waals surface area contributed by atoms with Crippen molar-refractivity contribution in [2.45, 2.75) is 19.4 Å². The molecule has 0 bridgehead atoms. The molecule has 0 saturated carbocycles. The van der Waals surface area contributed by atoms with E-state index in [0.29, 0.717) is 29.2 Å². The van der Waals surface area contributed by atoms with Gasteiger partial charge in [-0.25, -0.2) is 0 Å². The molecule has 0 aliphatic carbocycles. The van der Waals surface area contributed by atoms with Gasteiger partial charge in [0.25, 0.3) is 11.7 Å². The highest BCUT2D eigenvalue weighted by atomic mass is 35.5. The lowest BCUT2D eigenvalue weighted by molar-refractivity contribution is -0.139. The summed E-state index contributed by atoms with van der Waals surface area (Å²) in [7, 11) is 0. The Bertz CT molecular complexity index is 832. The number of aliphatic hydroxyl groups is 1. The van der Waals surface area contributed by atoms with Crippen LogP contribution in [0.5, 0.6) is 0 Å². The standard InChI is InChI=1S/C19H17ClN2O3/c1-2-11-22-16(14-5-3-4-10-21-14)15(18(24)19(22)25)17(23)12-6-8-13(20)9-7-12/h3-10,16,23H,2,11H2,1H3/b17-15-. The summed E-state index contributed by atoms with van der Waals surface area (Å²) in [5, 5.41) is 11.2. The summed E-state index contributed by atoms with van der Waals surface area (Å²) in [5.74, 6) is -1.53. The summed E-state index contributed by atoms with van der Waals surface area (Å²) in [6.07, 6.45) is 2.29. The highest BCUT2D eigenvalue weighted by molar-refractivity contribution is 6.46. The lowest BCUT2D eigenvalue weighted by Gasteiger charge is -2.23. The molecule has 5 nitrogen and oxygen atoms in total. The maximum atomic E-state index is 12.6. The Morgan fingerprint density at radius 1 is 1.20 bits per heavy atom. The van der Waals surface area contributed by atoms with Crippen LogP contribution in [0.25, 0.3) is 5.76 Å². The summed E-state index contributed by atoms with van der Waals surface area (Å²) in [6, 6.07) is 11.1. The first-order valence-corrected chi connectivity index (χ1v) is 8.37. The number of nitrogens with zero attached hydrogens (tertiary/aromatic N) is 2. The molecule has 6 heteroatoms. The van der Waals surface area contributed by atoms with Crippen LogP contribution in [0.4, 0.5) is 0 Å². The second-order valence-electron chi connectivity index (χ2n) is 5.75. The van der Waals surface area contributed by atoms with E-state index in [1.54, 1.807) is 48.7 Å². The first-order chi connectivity index (χ1) is 12.0. The molecule has 1 aliphatic heterocycles. The van der Waals surface area contributed by atoms with Gasteiger partial charge in [-0.05, 0) is 42.8 Å². The molecule has 0 spiro atoms. The van der Waals surface area contributed by atoms with Crippen LogP contribution >= 0.6 is 11.6 Å². The summed E-state index contributed by atoms with van der Waals surface area (Å²) in [4.78, 5) is 30.8. The van der Waals surface area contributed by atoms with E-state index in [4.69, 9.17) is 11.6 Å². The number of pyridine rings is 1. The van der Waals surface area contributed by atoms with Crippen molar-refractivity contribution in [3.8, 4) is 0 Å². The van der Waals surface area contributed by atoms with Crippen LogP contribution in [0.1, 0.15) is 30.6 Å². The topological polar surface area (TPSA) is 70.5 Å². The number of hydrogen-bond donors (Lipinski definition) is 1. The van der Waals surface area contributed by atoms with Crippen molar-refractivity contribution in [1.29, 1.82) is 0 Å². The minimum absolute atomic E-state index is 0.0551. The number of amides is 1. The Labute approximate surface area is 150 Å². The number of hydrogen-bond acceptors (Lipinski definition) is 4. The van der Waals surface area contributed by atoms with Crippen LogP contribution < -0.4 is 0 Å². The molecule has 1 N–H and O–H groups in total. The summed E-state index contributed by atoms with van der Waals surface area (Å²) in [6.45, 7) is 2.33. The van der Waals surface area contributed by atoms with Gasteiger partial charge in [-0.2, -0.15) is 0 Å². The first kappa shape index (κ1) is 17.2. The van der Waals surface area contributed by atoms with Gasteiger partial charge in [0.05, 0.1) is 11.3 Å². The average molecular weight is 357 g/mol. The van der Waals surface area contributed by atoms with Gasteiger partial charge in [0.2, 0.25) is 0 Å². The third-order valence-corrected chi connectivity index (χ3v) is 4.34. The van der Waals surface area contributed by atoms with E-state index < -0.39 is 17.7 Å². The van der Waals surface area contributed by atoms with E-state index in [0.717, 1.165) is 0 Å². The van der Waals surface area contributed by atoms with Crippen molar-refractivity contribution < 1.29 is 14.7 Å². The summed E-state index contributed by atoms with van der Waals surface area (Å²) in [5.41, 5.74) is 1.03. The molecule has 3 rings (SSSR count). The number of benzene rings is 1. The molecule has 2 aromatic rings. The normalized spacial score (nSPS) is 19.4. The van der Waals surface area contributed by atoms with E-state index in [1.807, 2.05) is 6.92 Å². The van der Waals surface area contributed by atoms with Gasteiger partial charge in [-0.3, -0.25) is 14.6 Å². The molecule has 1 saturated heterocycles. The first-order valence-electron chi connectivity index (χ1n) is 8.00. The molecule has 1 aromatic heterocycles. The van der Waals surface area contributed by atoms with E-state index in [2.05, 4.69) is 4.98 Å². The molecule has 1 amide bonds. The van der Waals surface area contributed by atoms with E-state index >= 15 is 0 Å². The monoisotopic (exact) mass is 356 g/mol. The number of ketones is 1. The molecular weight excluding hydrogens is 340 g/mol. The Kier molecular flexibility index (Phi) is 4.86. The molecule has 1 fully saturated rings. The fourth-order valence-electron chi connectivity index (χ4n) is 2.96. The van der Waals surface area contributed by atoms with Gasteiger partial charge >= 0.3 is 0 Å². The number of likely N-dealkylation sites (tertiary alicyclic amines) is 1. The minimum Gasteiger partial charge on any atom is -0.507 e. The Morgan fingerprint density at radius 3 is 2.52 bits per heavy atom. The van der Waals surface area contributed by atoms with Crippen LogP contribution in [0.3, 0.4) is 0 Å². The van der Waals surface area contributed by atoms with Crippen molar-refractivity contribution >= 4 is 29.1 Å². The second kappa shape index (κ2) is 7.07. The third-order valence-electron chi connectivity index (χ3n) is 4.09. The van der Waals surface area contributed by atoms with Gasteiger partial charge in [0.15, 0.2) is 0 Å². The van der Waals surface area contributed by atoms with E-state index in [9.17, 15) is 14.7 Å². The van der Waals surface area contributed by atoms with Gasteiger partial charge < -0.3 is 10.0 Å². The van der Waals surface area contributed by atoms with Crippen LogP contribution in [0.15, 0.2) is 54.2 Å². The largest absolute Gasteiger partial charge is 0.507 e. The number of aliphatic hydroxyl groups excluding tert-OH is 1. The number of Topliss-reactive ketones (excluding diaryl/α,β-unsaturated/α-hetero) is 1. The molecule has 1 unspecified atom stereocenters. The van der Waals surface area contributed by atoms with E-state index in [-0.39, 0.29) is 11.3 Å². The molecule has 25 heavy (non-hydrogen) atoms.